The molecule has 0 aliphatic carbocycles. The fourth-order valence-corrected chi connectivity index (χ4v) is 2.02. The Morgan fingerprint density at radius 2 is 2.53 bits per heavy atom. The first-order valence-corrected chi connectivity index (χ1v) is 6.56. The molecule has 17 heavy (non-hydrogen) atoms. The molecule has 1 N–H and O–H groups in total. The van der Waals surface area contributed by atoms with Gasteiger partial charge in [-0.2, -0.15) is 0 Å². The molecule has 1 aromatic heterocycles. The van der Waals surface area contributed by atoms with Gasteiger partial charge in [0.05, 0.1) is 12.3 Å². The third kappa shape index (κ3) is 4.09. The van der Waals surface area contributed by atoms with Gasteiger partial charge in [-0.1, -0.05) is 18.6 Å². The van der Waals surface area contributed by atoms with Crippen LogP contribution in [0.25, 0.3) is 0 Å². The van der Waals surface area contributed by atoms with Gasteiger partial charge in [0.2, 0.25) is 0 Å². The van der Waals surface area contributed by atoms with Crippen LogP contribution in [0.1, 0.15) is 31.9 Å². The van der Waals surface area contributed by atoms with Crippen molar-refractivity contribution < 1.29 is 4.74 Å². The van der Waals surface area contributed by atoms with E-state index in [1.54, 1.807) is 0 Å². The predicted octanol–water partition coefficient (Wildman–Crippen LogP) is 1.20. The number of rotatable bonds is 7. The van der Waals surface area contributed by atoms with Crippen LogP contribution >= 0.6 is 0 Å². The van der Waals surface area contributed by atoms with Crippen molar-refractivity contribution in [2.24, 2.45) is 5.92 Å². The van der Waals surface area contributed by atoms with Crippen LogP contribution in [0.5, 0.6) is 0 Å². The second kappa shape index (κ2) is 6.71. The van der Waals surface area contributed by atoms with Crippen molar-refractivity contribution in [3.05, 3.63) is 11.9 Å². The van der Waals surface area contributed by atoms with E-state index in [1.807, 2.05) is 10.9 Å². The number of unbranched alkanes of at least 4 members (excludes halogenated alkanes) is 1. The minimum atomic E-state index is 0.609. The summed E-state index contributed by atoms with van der Waals surface area (Å²) >= 11 is 0. The first-order chi connectivity index (χ1) is 8.38. The zero-order chi connectivity index (χ0) is 11.9. The quantitative estimate of drug-likeness (QED) is 0.725. The predicted molar refractivity (Wildman–Crippen MR) is 65.6 cm³/mol. The molecule has 1 aromatic rings. The van der Waals surface area contributed by atoms with E-state index in [1.165, 1.54) is 12.8 Å². The smallest absolute Gasteiger partial charge is 0.0964 e. The lowest BCUT2D eigenvalue weighted by molar-refractivity contribution is 0.181. The Hall–Kier alpha value is -0.940. The molecule has 0 amide bonds. The highest BCUT2D eigenvalue weighted by Gasteiger charge is 2.16. The van der Waals surface area contributed by atoms with Crippen molar-refractivity contribution in [3.63, 3.8) is 0 Å². The summed E-state index contributed by atoms with van der Waals surface area (Å²) in [6, 6.07) is 0. The van der Waals surface area contributed by atoms with Crippen LogP contribution in [-0.2, 0) is 17.8 Å². The number of hydrogen-bond donors (Lipinski definition) is 1. The lowest BCUT2D eigenvalue weighted by atomic mass is 10.1. The van der Waals surface area contributed by atoms with Crippen LogP contribution in [0.3, 0.4) is 0 Å². The van der Waals surface area contributed by atoms with E-state index in [-0.39, 0.29) is 0 Å². The molecule has 1 aliphatic heterocycles. The van der Waals surface area contributed by atoms with Crippen molar-refractivity contribution in [3.8, 4) is 0 Å². The molecule has 96 valence electrons. The van der Waals surface area contributed by atoms with Gasteiger partial charge in [-0.3, -0.25) is 4.68 Å². The van der Waals surface area contributed by atoms with E-state index in [0.29, 0.717) is 5.92 Å². The number of aromatic nitrogens is 3. The minimum absolute atomic E-state index is 0.609. The van der Waals surface area contributed by atoms with E-state index in [2.05, 4.69) is 22.6 Å². The average Bonchev–Trinajstić information content (AvgIpc) is 2.97. The highest BCUT2D eigenvalue weighted by atomic mass is 16.5. The molecular weight excluding hydrogens is 216 g/mol. The van der Waals surface area contributed by atoms with E-state index in [4.69, 9.17) is 4.74 Å². The van der Waals surface area contributed by atoms with Gasteiger partial charge in [-0.05, 0) is 19.4 Å². The van der Waals surface area contributed by atoms with Crippen molar-refractivity contribution in [2.75, 3.05) is 19.8 Å². The zero-order valence-corrected chi connectivity index (χ0v) is 10.6. The van der Waals surface area contributed by atoms with Crippen LogP contribution in [0.15, 0.2) is 6.20 Å². The molecule has 1 saturated heterocycles. The number of ether oxygens (including phenoxy) is 1. The van der Waals surface area contributed by atoms with Crippen LogP contribution in [0.4, 0.5) is 0 Å². The summed E-state index contributed by atoms with van der Waals surface area (Å²) < 4.78 is 7.29. The molecule has 0 saturated carbocycles. The molecule has 5 heteroatoms. The fraction of sp³-hybridized carbons (Fsp3) is 0.833. The molecule has 0 spiro atoms. The van der Waals surface area contributed by atoms with Gasteiger partial charge >= 0.3 is 0 Å². The molecule has 2 heterocycles. The minimum Gasteiger partial charge on any atom is -0.381 e. The van der Waals surface area contributed by atoms with Crippen LogP contribution in [0, 0.1) is 5.92 Å². The molecule has 1 unspecified atom stereocenters. The Bertz CT molecular complexity index is 320. The monoisotopic (exact) mass is 238 g/mol. The first kappa shape index (κ1) is 12.5. The first-order valence-electron chi connectivity index (χ1n) is 6.56. The van der Waals surface area contributed by atoms with Crippen molar-refractivity contribution in [1.82, 2.24) is 20.3 Å². The molecule has 1 atom stereocenters. The van der Waals surface area contributed by atoms with Crippen molar-refractivity contribution in [2.45, 2.75) is 39.3 Å². The van der Waals surface area contributed by atoms with Gasteiger partial charge in [0.1, 0.15) is 0 Å². The van der Waals surface area contributed by atoms with Crippen LogP contribution in [-0.4, -0.2) is 34.8 Å². The van der Waals surface area contributed by atoms with Gasteiger partial charge in [0.15, 0.2) is 0 Å². The summed E-state index contributed by atoms with van der Waals surface area (Å²) in [5.74, 6) is 0.609. The van der Waals surface area contributed by atoms with Crippen molar-refractivity contribution in [1.29, 1.82) is 0 Å². The maximum absolute atomic E-state index is 5.35. The highest BCUT2D eigenvalue weighted by Crippen LogP contribution is 2.14. The normalized spacial score (nSPS) is 19.9. The van der Waals surface area contributed by atoms with Crippen LogP contribution in [0.2, 0.25) is 0 Å². The number of nitrogens with one attached hydrogen (secondary N) is 1. The van der Waals surface area contributed by atoms with Gasteiger partial charge in [-0.15, -0.1) is 5.10 Å². The third-order valence-corrected chi connectivity index (χ3v) is 3.07. The Kier molecular flexibility index (Phi) is 4.94. The second-order valence-electron chi connectivity index (χ2n) is 4.69. The fourth-order valence-electron chi connectivity index (χ4n) is 2.02. The second-order valence-corrected chi connectivity index (χ2v) is 4.69. The molecule has 0 bridgehead atoms. The standard InChI is InChI=1S/C12H22N4O/c1-2-3-5-13-7-12-9-16(15-14-12)8-11-4-6-17-10-11/h9,11,13H,2-8,10H2,1H3. The van der Waals surface area contributed by atoms with Gasteiger partial charge < -0.3 is 10.1 Å². The topological polar surface area (TPSA) is 52.0 Å². The molecule has 0 aromatic carbocycles. The van der Waals surface area contributed by atoms with Gasteiger partial charge in [-0.25, -0.2) is 0 Å². The highest BCUT2D eigenvalue weighted by molar-refractivity contribution is 4.91. The van der Waals surface area contributed by atoms with Crippen LogP contribution < -0.4 is 5.32 Å². The summed E-state index contributed by atoms with van der Waals surface area (Å²) in [5, 5.41) is 11.7. The summed E-state index contributed by atoms with van der Waals surface area (Å²) in [7, 11) is 0. The third-order valence-electron chi connectivity index (χ3n) is 3.07. The summed E-state index contributed by atoms with van der Waals surface area (Å²) in [6.45, 7) is 6.76. The SMILES string of the molecule is CCCCNCc1cn(CC2CCOC2)nn1. The van der Waals surface area contributed by atoms with E-state index in [9.17, 15) is 0 Å². The van der Waals surface area contributed by atoms with E-state index < -0.39 is 0 Å². The summed E-state index contributed by atoms with van der Waals surface area (Å²) in [6.07, 6.45) is 5.62. The zero-order valence-electron chi connectivity index (χ0n) is 10.6. The maximum atomic E-state index is 5.35. The molecule has 1 aliphatic rings. The molecule has 5 nitrogen and oxygen atoms in total. The number of hydrogen-bond acceptors (Lipinski definition) is 4. The van der Waals surface area contributed by atoms with Gasteiger partial charge in [0.25, 0.3) is 0 Å². The Labute approximate surface area is 103 Å². The lowest BCUT2D eigenvalue weighted by Crippen LogP contribution is -2.14. The van der Waals surface area contributed by atoms with Crippen molar-refractivity contribution >= 4 is 0 Å². The summed E-state index contributed by atoms with van der Waals surface area (Å²) in [4.78, 5) is 0. The molecular formula is C12H22N4O. The summed E-state index contributed by atoms with van der Waals surface area (Å²) in [5.41, 5.74) is 1.03. The lowest BCUT2D eigenvalue weighted by Gasteiger charge is -2.05. The average molecular weight is 238 g/mol. The maximum Gasteiger partial charge on any atom is 0.0964 e. The van der Waals surface area contributed by atoms with E-state index >= 15 is 0 Å². The molecule has 1 fully saturated rings. The Balaban J connectivity index is 1.71. The molecule has 0 radical (unpaired) electrons. The Morgan fingerprint density at radius 1 is 1.59 bits per heavy atom. The molecule has 2 rings (SSSR count). The largest absolute Gasteiger partial charge is 0.381 e. The Morgan fingerprint density at radius 3 is 3.29 bits per heavy atom. The van der Waals surface area contributed by atoms with Gasteiger partial charge in [0, 0.05) is 31.8 Å². The van der Waals surface area contributed by atoms with E-state index in [0.717, 1.165) is 45.0 Å². The number of nitrogens with zero attached hydrogens (tertiary/aromatic N) is 3.